The van der Waals surface area contributed by atoms with E-state index in [4.69, 9.17) is 9.47 Å². The largest absolute Gasteiger partial charge is 0.487 e. The maximum atomic E-state index is 13.1. The minimum atomic E-state index is -0.468. The van der Waals surface area contributed by atoms with Crippen LogP contribution in [-0.2, 0) is 0 Å². The highest BCUT2D eigenvalue weighted by Gasteiger charge is 2.23. The van der Waals surface area contributed by atoms with Crippen LogP contribution in [0.3, 0.4) is 0 Å². The van der Waals surface area contributed by atoms with Gasteiger partial charge in [0, 0.05) is 11.5 Å². The van der Waals surface area contributed by atoms with Crippen LogP contribution in [0.1, 0.15) is 95.1 Å². The Hall–Kier alpha value is -3.40. The molecule has 4 nitrogen and oxygen atoms in total. The lowest BCUT2D eigenvalue weighted by Gasteiger charge is -2.29. The van der Waals surface area contributed by atoms with Crippen molar-refractivity contribution < 1.29 is 19.1 Å². The van der Waals surface area contributed by atoms with E-state index in [1.54, 1.807) is 24.3 Å². The van der Waals surface area contributed by atoms with Crippen LogP contribution in [-0.4, -0.2) is 17.4 Å². The minimum absolute atomic E-state index is 0.00263. The number of carbonyl (C=O) groups is 2. The molecule has 0 spiro atoms. The second-order valence-corrected chi connectivity index (χ2v) is 11.3. The predicted octanol–water partition coefficient (Wildman–Crippen LogP) is 8.83. The van der Waals surface area contributed by atoms with Crippen LogP contribution in [0, 0.1) is 47.5 Å². The van der Waals surface area contributed by atoms with Crippen LogP contribution >= 0.6 is 0 Å². The average molecular weight is 515 g/mol. The highest BCUT2D eigenvalue weighted by atomic mass is 16.5. The third kappa shape index (κ3) is 5.85. The van der Waals surface area contributed by atoms with Crippen molar-refractivity contribution in [2.24, 2.45) is 5.92 Å². The van der Waals surface area contributed by atoms with Crippen molar-refractivity contribution in [2.75, 3.05) is 0 Å². The molecule has 0 aliphatic heterocycles. The average Bonchev–Trinajstić information content (AvgIpc) is 2.88. The van der Waals surface area contributed by atoms with Gasteiger partial charge in [0.25, 0.3) is 0 Å². The molecule has 38 heavy (non-hydrogen) atoms. The van der Waals surface area contributed by atoms with Crippen molar-refractivity contribution in [1.29, 1.82) is 0 Å². The van der Waals surface area contributed by atoms with Crippen molar-refractivity contribution in [3.8, 4) is 22.6 Å². The van der Waals surface area contributed by atoms with Crippen LogP contribution in [0.15, 0.2) is 36.4 Å². The number of rotatable bonds is 8. The van der Waals surface area contributed by atoms with Crippen molar-refractivity contribution in [3.05, 3.63) is 80.9 Å². The normalized spacial score (nSPS) is 11.6. The minimum Gasteiger partial charge on any atom is -0.487 e. The molecule has 0 aliphatic carbocycles. The summed E-state index contributed by atoms with van der Waals surface area (Å²) in [6.45, 7) is 22.4. The summed E-state index contributed by atoms with van der Waals surface area (Å²) < 4.78 is 12.3. The lowest BCUT2D eigenvalue weighted by molar-refractivity contribution is 0.0732. The Morgan fingerprint density at radius 1 is 0.763 bits per heavy atom. The molecule has 4 heteroatoms. The number of hydrogen-bond donors (Lipinski definition) is 0. The Labute approximate surface area is 228 Å². The lowest BCUT2D eigenvalue weighted by atomic mass is 9.88. The van der Waals surface area contributed by atoms with E-state index in [0.29, 0.717) is 16.9 Å². The molecule has 0 atom stereocenters. The molecular weight excluding hydrogens is 472 g/mol. The molecule has 3 aromatic rings. The molecule has 3 aromatic carbocycles. The van der Waals surface area contributed by atoms with Gasteiger partial charge in [-0.25, -0.2) is 4.79 Å². The van der Waals surface area contributed by atoms with Gasteiger partial charge >= 0.3 is 5.97 Å². The van der Waals surface area contributed by atoms with Gasteiger partial charge in [-0.3, -0.25) is 4.79 Å². The molecule has 0 bridgehead atoms. The van der Waals surface area contributed by atoms with E-state index in [-0.39, 0.29) is 17.3 Å². The fourth-order valence-electron chi connectivity index (χ4n) is 4.62. The van der Waals surface area contributed by atoms with E-state index in [9.17, 15) is 9.59 Å². The van der Waals surface area contributed by atoms with Crippen LogP contribution in [0.25, 0.3) is 11.1 Å². The van der Waals surface area contributed by atoms with E-state index in [2.05, 4.69) is 60.6 Å². The number of carbonyl (C=O) groups excluding carboxylic acids is 2. The third-order valence-corrected chi connectivity index (χ3v) is 7.67. The summed E-state index contributed by atoms with van der Waals surface area (Å²) in [5.41, 5.74) is 9.21. The second-order valence-electron chi connectivity index (χ2n) is 11.3. The standard InChI is InChI=1S/C34H42O4/c1-12-34(10,11)38-32-21(5)17-29(23(7)25(32)9)28-16-20(4)31(24(8)22(28)6)37-33(36)27-15-13-14-26(18-27)30(35)19(2)3/h13-19H,12H2,1-11H3. The maximum Gasteiger partial charge on any atom is 0.343 e. The van der Waals surface area contributed by atoms with Crippen molar-refractivity contribution in [2.45, 2.75) is 88.2 Å². The van der Waals surface area contributed by atoms with Crippen LogP contribution in [0.5, 0.6) is 11.5 Å². The van der Waals surface area contributed by atoms with E-state index < -0.39 is 5.97 Å². The SMILES string of the molecule is CCC(C)(C)Oc1c(C)cc(-c2cc(C)c(OC(=O)c3cccc(C(=O)C(C)C)c3)c(C)c2C)c(C)c1C. The van der Waals surface area contributed by atoms with E-state index in [0.717, 1.165) is 51.1 Å². The van der Waals surface area contributed by atoms with Gasteiger partial charge in [0.15, 0.2) is 5.78 Å². The molecule has 0 unspecified atom stereocenters. The summed E-state index contributed by atoms with van der Waals surface area (Å²) in [7, 11) is 0. The first kappa shape index (κ1) is 29.2. The molecule has 0 amide bonds. The maximum absolute atomic E-state index is 13.1. The van der Waals surface area contributed by atoms with Gasteiger partial charge in [-0.2, -0.15) is 0 Å². The number of Topliss-reactive ketones (excluding diaryl/α,β-unsaturated/α-hetero) is 1. The Morgan fingerprint density at radius 2 is 1.26 bits per heavy atom. The first-order valence-electron chi connectivity index (χ1n) is 13.5. The molecule has 202 valence electrons. The van der Waals surface area contributed by atoms with Gasteiger partial charge in [-0.15, -0.1) is 0 Å². The number of ketones is 1. The first-order valence-corrected chi connectivity index (χ1v) is 13.5. The number of esters is 1. The number of benzene rings is 3. The topological polar surface area (TPSA) is 52.6 Å². The third-order valence-electron chi connectivity index (χ3n) is 7.67. The van der Waals surface area contributed by atoms with Gasteiger partial charge in [-0.1, -0.05) is 32.9 Å². The Morgan fingerprint density at radius 3 is 1.79 bits per heavy atom. The zero-order valence-corrected chi connectivity index (χ0v) is 24.9. The highest BCUT2D eigenvalue weighted by molar-refractivity contribution is 6.00. The smallest absolute Gasteiger partial charge is 0.343 e. The van der Waals surface area contributed by atoms with Crippen molar-refractivity contribution in [1.82, 2.24) is 0 Å². The molecule has 0 aliphatic rings. The van der Waals surface area contributed by atoms with Crippen LogP contribution in [0.4, 0.5) is 0 Å². The molecule has 0 heterocycles. The van der Waals surface area contributed by atoms with E-state index in [1.165, 1.54) is 5.56 Å². The molecule has 0 radical (unpaired) electrons. The van der Waals surface area contributed by atoms with E-state index in [1.807, 2.05) is 27.7 Å². The summed E-state index contributed by atoms with van der Waals surface area (Å²) in [4.78, 5) is 25.5. The second kappa shape index (κ2) is 11.1. The van der Waals surface area contributed by atoms with Crippen LogP contribution in [0.2, 0.25) is 0 Å². The highest BCUT2D eigenvalue weighted by Crippen LogP contribution is 2.41. The van der Waals surface area contributed by atoms with Gasteiger partial charge < -0.3 is 9.47 Å². The van der Waals surface area contributed by atoms with Crippen LogP contribution < -0.4 is 9.47 Å². The summed E-state index contributed by atoms with van der Waals surface area (Å²) in [6.07, 6.45) is 0.919. The zero-order valence-electron chi connectivity index (χ0n) is 24.9. The quantitative estimate of drug-likeness (QED) is 0.171. The summed E-state index contributed by atoms with van der Waals surface area (Å²) >= 11 is 0. The number of aryl methyl sites for hydroxylation is 2. The van der Waals surface area contributed by atoms with Gasteiger partial charge in [0.05, 0.1) is 5.56 Å². The molecule has 0 saturated heterocycles. The number of hydrogen-bond acceptors (Lipinski definition) is 4. The fraction of sp³-hybridized carbons (Fsp3) is 0.412. The molecular formula is C34H42O4. The Bertz CT molecular complexity index is 1390. The summed E-state index contributed by atoms with van der Waals surface area (Å²) in [6, 6.07) is 11.1. The zero-order chi connectivity index (χ0) is 28.5. The monoisotopic (exact) mass is 514 g/mol. The Balaban J connectivity index is 2.01. The van der Waals surface area contributed by atoms with E-state index >= 15 is 0 Å². The van der Waals surface area contributed by atoms with Crippen molar-refractivity contribution in [3.63, 3.8) is 0 Å². The van der Waals surface area contributed by atoms with Gasteiger partial charge in [0.2, 0.25) is 0 Å². The van der Waals surface area contributed by atoms with Gasteiger partial charge in [-0.05, 0) is 131 Å². The predicted molar refractivity (Wildman–Crippen MR) is 156 cm³/mol. The first-order chi connectivity index (χ1) is 17.7. The molecule has 0 N–H and O–H groups in total. The fourth-order valence-corrected chi connectivity index (χ4v) is 4.62. The lowest BCUT2D eigenvalue weighted by Crippen LogP contribution is -2.27. The molecule has 0 saturated carbocycles. The van der Waals surface area contributed by atoms with Crippen molar-refractivity contribution >= 4 is 11.8 Å². The molecule has 0 aromatic heterocycles. The Kier molecular flexibility index (Phi) is 8.55. The van der Waals surface area contributed by atoms with Gasteiger partial charge in [0.1, 0.15) is 17.1 Å². The number of ether oxygens (including phenoxy) is 2. The molecule has 0 fully saturated rings. The summed E-state index contributed by atoms with van der Waals surface area (Å²) in [5, 5.41) is 0. The summed E-state index contributed by atoms with van der Waals surface area (Å²) in [5.74, 6) is 0.906. The molecule has 3 rings (SSSR count).